The van der Waals surface area contributed by atoms with E-state index in [1.807, 2.05) is 0 Å². The number of hydrogen-bond acceptors (Lipinski definition) is 1. The van der Waals surface area contributed by atoms with Crippen LogP contribution in [0, 0.1) is 0 Å². The van der Waals surface area contributed by atoms with E-state index in [2.05, 4.69) is 13.0 Å². The highest BCUT2D eigenvalue weighted by atomic mass is 14.6. The highest BCUT2D eigenvalue weighted by molar-refractivity contribution is 5.10. The molecule has 0 radical (unpaired) electrons. The number of rotatable bonds is 2. The summed E-state index contributed by atoms with van der Waals surface area (Å²) in [5, 5.41) is 0. The Morgan fingerprint density at radius 2 is 2.27 bits per heavy atom. The number of hydrogen-bond donors (Lipinski definition) is 1. The minimum atomic E-state index is 0.341. The monoisotopic (exact) mass is 153 g/mol. The van der Waals surface area contributed by atoms with Crippen molar-refractivity contribution in [3.63, 3.8) is 0 Å². The lowest BCUT2D eigenvalue weighted by molar-refractivity contribution is 0.663. The fourth-order valence-electron chi connectivity index (χ4n) is 1.64. The van der Waals surface area contributed by atoms with Gasteiger partial charge >= 0.3 is 0 Å². The molecule has 11 heavy (non-hydrogen) atoms. The standard InChI is InChI=1S/C10H19N/c1-2-10(11)9-7-5-3-4-6-8-9/h7,10H,2-6,8,11H2,1H3/t10-/m1/s1. The molecule has 0 fully saturated rings. The van der Waals surface area contributed by atoms with Gasteiger partial charge in [0.05, 0.1) is 0 Å². The SMILES string of the molecule is CC[C@@H](N)C1=CCCCCC1. The average molecular weight is 153 g/mol. The van der Waals surface area contributed by atoms with E-state index in [0.717, 1.165) is 6.42 Å². The molecule has 0 heterocycles. The lowest BCUT2D eigenvalue weighted by atomic mass is 10.0. The third kappa shape index (κ3) is 2.66. The Bertz CT molecular complexity index is 138. The molecular weight excluding hydrogens is 134 g/mol. The van der Waals surface area contributed by atoms with Gasteiger partial charge in [-0.05, 0) is 32.1 Å². The lowest BCUT2D eigenvalue weighted by Crippen LogP contribution is -2.21. The molecular formula is C10H19N. The summed E-state index contributed by atoms with van der Waals surface area (Å²) in [6, 6.07) is 0.341. The predicted octanol–water partition coefficient (Wildman–Crippen LogP) is 2.61. The molecule has 0 unspecified atom stereocenters. The molecule has 1 rings (SSSR count). The molecule has 2 N–H and O–H groups in total. The summed E-state index contributed by atoms with van der Waals surface area (Å²) in [7, 11) is 0. The summed E-state index contributed by atoms with van der Waals surface area (Å²) in [4.78, 5) is 0. The second-order valence-corrected chi connectivity index (χ2v) is 3.39. The van der Waals surface area contributed by atoms with Gasteiger partial charge in [0.1, 0.15) is 0 Å². The van der Waals surface area contributed by atoms with E-state index >= 15 is 0 Å². The van der Waals surface area contributed by atoms with Gasteiger partial charge in [-0.15, -0.1) is 0 Å². The normalized spacial score (nSPS) is 22.2. The Balaban J connectivity index is 2.46. The van der Waals surface area contributed by atoms with Crippen molar-refractivity contribution in [3.8, 4) is 0 Å². The zero-order valence-electron chi connectivity index (χ0n) is 7.47. The van der Waals surface area contributed by atoms with E-state index in [-0.39, 0.29) is 0 Å². The zero-order chi connectivity index (χ0) is 8.10. The van der Waals surface area contributed by atoms with Crippen LogP contribution in [-0.4, -0.2) is 6.04 Å². The van der Waals surface area contributed by atoms with E-state index in [4.69, 9.17) is 5.73 Å². The Kier molecular flexibility index (Phi) is 3.64. The third-order valence-electron chi connectivity index (χ3n) is 2.49. The maximum atomic E-state index is 5.95. The molecule has 64 valence electrons. The summed E-state index contributed by atoms with van der Waals surface area (Å²) in [5.74, 6) is 0. The van der Waals surface area contributed by atoms with Crippen LogP contribution < -0.4 is 5.73 Å². The Morgan fingerprint density at radius 1 is 1.45 bits per heavy atom. The van der Waals surface area contributed by atoms with E-state index < -0.39 is 0 Å². The van der Waals surface area contributed by atoms with Gasteiger partial charge in [0.15, 0.2) is 0 Å². The van der Waals surface area contributed by atoms with Crippen LogP contribution in [0.1, 0.15) is 45.4 Å². The van der Waals surface area contributed by atoms with Gasteiger partial charge in [-0.2, -0.15) is 0 Å². The molecule has 1 heteroatoms. The van der Waals surface area contributed by atoms with Crippen LogP contribution >= 0.6 is 0 Å². The highest BCUT2D eigenvalue weighted by Crippen LogP contribution is 2.19. The molecule has 0 spiro atoms. The lowest BCUT2D eigenvalue weighted by Gasteiger charge is -2.11. The first kappa shape index (κ1) is 8.79. The van der Waals surface area contributed by atoms with Crippen LogP contribution in [0.5, 0.6) is 0 Å². The fourth-order valence-corrected chi connectivity index (χ4v) is 1.64. The van der Waals surface area contributed by atoms with Crippen LogP contribution in [0.2, 0.25) is 0 Å². The van der Waals surface area contributed by atoms with Crippen LogP contribution in [0.25, 0.3) is 0 Å². The van der Waals surface area contributed by atoms with Gasteiger partial charge in [0, 0.05) is 6.04 Å². The predicted molar refractivity (Wildman–Crippen MR) is 49.4 cm³/mol. The van der Waals surface area contributed by atoms with Crippen molar-refractivity contribution in [2.75, 3.05) is 0 Å². The number of allylic oxidation sites excluding steroid dienone is 1. The molecule has 0 saturated carbocycles. The molecule has 0 amide bonds. The molecule has 1 aliphatic carbocycles. The first-order valence-electron chi connectivity index (χ1n) is 4.79. The van der Waals surface area contributed by atoms with Gasteiger partial charge in [-0.25, -0.2) is 0 Å². The van der Waals surface area contributed by atoms with Crippen molar-refractivity contribution in [3.05, 3.63) is 11.6 Å². The van der Waals surface area contributed by atoms with Crippen molar-refractivity contribution in [2.45, 2.75) is 51.5 Å². The Hall–Kier alpha value is -0.300. The zero-order valence-corrected chi connectivity index (χ0v) is 7.47. The smallest absolute Gasteiger partial charge is 0.0250 e. The summed E-state index contributed by atoms with van der Waals surface area (Å²) in [6.07, 6.45) is 10.0. The van der Waals surface area contributed by atoms with Crippen LogP contribution in [0.4, 0.5) is 0 Å². The summed E-state index contributed by atoms with van der Waals surface area (Å²) in [6.45, 7) is 2.16. The third-order valence-corrected chi connectivity index (χ3v) is 2.49. The Morgan fingerprint density at radius 3 is 3.00 bits per heavy atom. The van der Waals surface area contributed by atoms with E-state index in [0.29, 0.717) is 6.04 Å². The first-order valence-corrected chi connectivity index (χ1v) is 4.79. The van der Waals surface area contributed by atoms with Crippen molar-refractivity contribution in [2.24, 2.45) is 5.73 Å². The van der Waals surface area contributed by atoms with E-state index in [1.165, 1.54) is 37.7 Å². The van der Waals surface area contributed by atoms with Crippen molar-refractivity contribution >= 4 is 0 Å². The number of nitrogens with two attached hydrogens (primary N) is 1. The van der Waals surface area contributed by atoms with E-state index in [9.17, 15) is 0 Å². The van der Waals surface area contributed by atoms with E-state index in [1.54, 1.807) is 0 Å². The minimum Gasteiger partial charge on any atom is -0.324 e. The molecule has 1 aliphatic rings. The molecule has 0 aromatic carbocycles. The highest BCUT2D eigenvalue weighted by Gasteiger charge is 2.08. The molecule has 0 aromatic rings. The van der Waals surface area contributed by atoms with Gasteiger partial charge in [0.2, 0.25) is 0 Å². The largest absolute Gasteiger partial charge is 0.324 e. The molecule has 0 bridgehead atoms. The molecule has 1 nitrogen and oxygen atoms in total. The molecule has 0 aromatic heterocycles. The second-order valence-electron chi connectivity index (χ2n) is 3.39. The molecule has 1 atom stereocenters. The van der Waals surface area contributed by atoms with Gasteiger partial charge < -0.3 is 5.73 Å². The van der Waals surface area contributed by atoms with Crippen molar-refractivity contribution < 1.29 is 0 Å². The maximum absolute atomic E-state index is 5.95. The summed E-state index contributed by atoms with van der Waals surface area (Å²) in [5.41, 5.74) is 7.45. The van der Waals surface area contributed by atoms with Crippen molar-refractivity contribution in [1.29, 1.82) is 0 Å². The van der Waals surface area contributed by atoms with Gasteiger partial charge in [-0.1, -0.05) is 25.0 Å². The average Bonchev–Trinajstić information content (AvgIpc) is 2.30. The quantitative estimate of drug-likeness (QED) is 0.606. The van der Waals surface area contributed by atoms with Crippen molar-refractivity contribution in [1.82, 2.24) is 0 Å². The minimum absolute atomic E-state index is 0.341. The van der Waals surface area contributed by atoms with Crippen LogP contribution in [-0.2, 0) is 0 Å². The van der Waals surface area contributed by atoms with Gasteiger partial charge in [-0.3, -0.25) is 0 Å². The molecule has 0 saturated heterocycles. The topological polar surface area (TPSA) is 26.0 Å². The summed E-state index contributed by atoms with van der Waals surface area (Å²) >= 11 is 0. The second kappa shape index (κ2) is 4.55. The van der Waals surface area contributed by atoms with Crippen LogP contribution in [0.15, 0.2) is 11.6 Å². The summed E-state index contributed by atoms with van der Waals surface area (Å²) < 4.78 is 0. The van der Waals surface area contributed by atoms with Gasteiger partial charge in [0.25, 0.3) is 0 Å². The van der Waals surface area contributed by atoms with Crippen LogP contribution in [0.3, 0.4) is 0 Å². The Labute approximate surface area is 69.7 Å². The fraction of sp³-hybridized carbons (Fsp3) is 0.800. The first-order chi connectivity index (χ1) is 5.34. The maximum Gasteiger partial charge on any atom is 0.0250 e. The molecule has 0 aliphatic heterocycles.